The molecule has 4 heterocycles. The fraction of sp³-hybridized carbons (Fsp3) is 0.182. The summed E-state index contributed by atoms with van der Waals surface area (Å²) in [5, 5.41) is 24.0. The third kappa shape index (κ3) is 9.21. The average Bonchev–Trinajstić information content (AvgIpc) is 3.82. The zero-order valence-electron chi connectivity index (χ0n) is 28.1. The molecule has 5 N–H and O–H groups in total. The van der Waals surface area contributed by atoms with E-state index in [-0.39, 0.29) is 12.4 Å². The minimum absolute atomic E-state index is 0. The molecule has 260 valence electrons. The molecular formula is C33H38ClN13O3. The third-order valence-electron chi connectivity index (χ3n) is 6.94. The van der Waals surface area contributed by atoms with Crippen molar-refractivity contribution < 1.29 is 14.3 Å². The maximum Gasteiger partial charge on any atom is 0.229 e. The molecule has 0 radical (unpaired) electrons. The molecule has 0 fully saturated rings. The lowest BCUT2D eigenvalue weighted by molar-refractivity contribution is 0.112. The predicted octanol–water partition coefficient (Wildman–Crippen LogP) is 4.87. The van der Waals surface area contributed by atoms with E-state index in [2.05, 4.69) is 56.7 Å². The summed E-state index contributed by atoms with van der Waals surface area (Å²) < 4.78 is 14.2. The number of rotatable bonds is 13. The Bertz CT molecular complexity index is 2000. The highest BCUT2D eigenvalue weighted by Gasteiger charge is 2.11. The predicted molar refractivity (Wildman–Crippen MR) is 195 cm³/mol. The van der Waals surface area contributed by atoms with Gasteiger partial charge in [0.25, 0.3) is 0 Å². The van der Waals surface area contributed by atoms with E-state index in [0.717, 1.165) is 47.0 Å². The van der Waals surface area contributed by atoms with Crippen molar-refractivity contribution >= 4 is 53.6 Å². The highest BCUT2D eigenvalue weighted by atomic mass is 35.5. The van der Waals surface area contributed by atoms with Crippen LogP contribution < -0.4 is 36.1 Å². The molecule has 0 aliphatic rings. The quantitative estimate of drug-likeness (QED) is 0.103. The van der Waals surface area contributed by atoms with Crippen LogP contribution in [0.25, 0.3) is 11.4 Å². The number of anilines is 6. The normalized spacial score (nSPS) is 10.2. The highest BCUT2D eigenvalue weighted by molar-refractivity contribution is 5.85. The molecule has 0 saturated heterocycles. The Morgan fingerprint density at radius 3 is 1.70 bits per heavy atom. The summed E-state index contributed by atoms with van der Waals surface area (Å²) in [7, 11) is 8.73. The maximum atomic E-state index is 10.9. The van der Waals surface area contributed by atoms with Crippen LogP contribution in [-0.2, 0) is 6.54 Å². The first kappa shape index (κ1) is 36.6. The molecule has 0 aliphatic heterocycles. The summed E-state index contributed by atoms with van der Waals surface area (Å²) in [5.41, 5.74) is 4.71. The molecular weight excluding hydrogens is 662 g/mol. The van der Waals surface area contributed by atoms with E-state index in [0.29, 0.717) is 34.7 Å². The Morgan fingerprint density at radius 2 is 1.24 bits per heavy atom. The summed E-state index contributed by atoms with van der Waals surface area (Å²) in [6, 6.07) is 14.8. The zero-order valence-corrected chi connectivity index (χ0v) is 28.9. The first-order valence-electron chi connectivity index (χ1n) is 15.1. The van der Waals surface area contributed by atoms with E-state index in [1.807, 2.05) is 62.9 Å². The summed E-state index contributed by atoms with van der Waals surface area (Å²) >= 11 is 0. The van der Waals surface area contributed by atoms with Crippen molar-refractivity contribution in [3.63, 3.8) is 0 Å². The molecule has 17 heteroatoms. The zero-order chi connectivity index (χ0) is 34.6. The van der Waals surface area contributed by atoms with E-state index in [1.54, 1.807) is 61.4 Å². The Morgan fingerprint density at radius 1 is 0.720 bits per heavy atom. The Hall–Kier alpha value is -6.26. The van der Waals surface area contributed by atoms with E-state index in [1.165, 1.54) is 6.20 Å². The van der Waals surface area contributed by atoms with Gasteiger partial charge in [0, 0.05) is 62.4 Å². The first-order chi connectivity index (χ1) is 24.0. The second-order valence-electron chi connectivity index (χ2n) is 10.2. The van der Waals surface area contributed by atoms with Crippen molar-refractivity contribution in [2.24, 2.45) is 0 Å². The number of benzene rings is 2. The van der Waals surface area contributed by atoms with Gasteiger partial charge in [-0.25, -0.2) is 19.3 Å². The molecule has 0 unspecified atom stereocenters. The van der Waals surface area contributed by atoms with Gasteiger partial charge in [0.1, 0.15) is 34.5 Å². The summed E-state index contributed by atoms with van der Waals surface area (Å²) in [6.07, 6.45) is 11.0. The van der Waals surface area contributed by atoms with Crippen molar-refractivity contribution in [2.45, 2.75) is 6.54 Å². The number of carbonyl (C=O) groups excluding carboxylic acids is 1. The Balaban J connectivity index is 0.000000220. The third-order valence-corrected chi connectivity index (χ3v) is 6.94. The Kier molecular flexibility index (Phi) is 13.0. The van der Waals surface area contributed by atoms with Gasteiger partial charge in [0.05, 0.1) is 32.2 Å². The number of hydrogen-bond donors (Lipinski definition) is 5. The Labute approximate surface area is 295 Å². The maximum absolute atomic E-state index is 10.9. The number of nitrogens with one attached hydrogen (secondary N) is 5. The van der Waals surface area contributed by atoms with Crippen LogP contribution in [0.2, 0.25) is 0 Å². The second kappa shape index (κ2) is 17.8. The molecule has 50 heavy (non-hydrogen) atoms. The van der Waals surface area contributed by atoms with E-state index >= 15 is 0 Å². The number of ether oxygens (including phenoxy) is 2. The molecule has 0 atom stereocenters. The number of nitrogens with zero attached hydrogens (tertiary/aromatic N) is 8. The van der Waals surface area contributed by atoms with Crippen LogP contribution in [0.3, 0.4) is 0 Å². The minimum Gasteiger partial charge on any atom is -0.494 e. The van der Waals surface area contributed by atoms with Crippen molar-refractivity contribution in [2.75, 3.05) is 56.6 Å². The van der Waals surface area contributed by atoms with Gasteiger partial charge in [-0.05, 0) is 55.6 Å². The van der Waals surface area contributed by atoms with Gasteiger partial charge < -0.3 is 36.1 Å². The van der Waals surface area contributed by atoms with Crippen molar-refractivity contribution in [3.8, 4) is 22.9 Å². The first-order valence-corrected chi connectivity index (χ1v) is 15.1. The molecule has 0 aliphatic carbocycles. The summed E-state index contributed by atoms with van der Waals surface area (Å²) in [6.45, 7) is 0.755. The van der Waals surface area contributed by atoms with Gasteiger partial charge in [0.15, 0.2) is 6.29 Å². The van der Waals surface area contributed by atoms with Crippen LogP contribution in [0, 0.1) is 0 Å². The molecule has 16 nitrogen and oxygen atoms in total. The molecule has 6 rings (SSSR count). The monoisotopic (exact) mass is 699 g/mol. The molecule has 2 aromatic carbocycles. The number of methoxy groups -OCH3 is 2. The SMILES string of the molecule is CNCc1cnn(-c2cc(Nc3nccc(NC)n3)ccc2OC)c1.CNc1ccnc(Nc2ccc(OC)c(-n3cc(C=O)cn3)c2)n1.Cl. The number of aromatic nitrogens is 8. The lowest BCUT2D eigenvalue weighted by atomic mass is 10.2. The molecule has 4 aromatic heterocycles. The van der Waals surface area contributed by atoms with Crippen LogP contribution in [0.1, 0.15) is 15.9 Å². The van der Waals surface area contributed by atoms with Gasteiger partial charge >= 0.3 is 0 Å². The standard InChI is InChI=1S/C17H21N7O.C16H16N6O2.ClH/c1-18-9-12-10-21-24(11-12)14-8-13(4-5-15(14)25-3)22-17-20-7-6-16(19-2)23-17;1-17-15-5-6-18-16(21-15)20-12-3-4-14(24-2)13(7-12)22-9-11(10-23)8-19-22;/h4-8,10-11,18H,9H2,1-3H3,(H2,19,20,22,23);3-10H,1-2H3,(H2,17,18,20,21);1H. The summed E-state index contributed by atoms with van der Waals surface area (Å²) in [5.74, 6) is 3.80. The number of halogens is 1. The van der Waals surface area contributed by atoms with Gasteiger partial charge in [0.2, 0.25) is 11.9 Å². The fourth-order valence-electron chi connectivity index (χ4n) is 4.58. The van der Waals surface area contributed by atoms with Crippen molar-refractivity contribution in [3.05, 3.63) is 96.8 Å². The lowest BCUT2D eigenvalue weighted by Crippen LogP contribution is -2.04. The lowest BCUT2D eigenvalue weighted by Gasteiger charge is -2.12. The number of hydrogen-bond acceptors (Lipinski definition) is 14. The van der Waals surface area contributed by atoms with E-state index in [9.17, 15) is 4.79 Å². The smallest absolute Gasteiger partial charge is 0.229 e. The molecule has 0 saturated carbocycles. The van der Waals surface area contributed by atoms with Crippen LogP contribution in [-0.4, -0.2) is 81.1 Å². The van der Waals surface area contributed by atoms with Gasteiger partial charge in [-0.15, -0.1) is 12.4 Å². The number of aldehydes is 1. The van der Waals surface area contributed by atoms with Gasteiger partial charge in [-0.1, -0.05) is 0 Å². The minimum atomic E-state index is 0. The van der Waals surface area contributed by atoms with Crippen LogP contribution in [0.15, 0.2) is 85.7 Å². The van der Waals surface area contributed by atoms with Crippen LogP contribution >= 0.6 is 12.4 Å². The molecule has 0 spiro atoms. The van der Waals surface area contributed by atoms with Crippen molar-refractivity contribution in [1.82, 2.24) is 44.8 Å². The van der Waals surface area contributed by atoms with Gasteiger partial charge in [-0.3, -0.25) is 4.79 Å². The topological polar surface area (TPSA) is 183 Å². The molecule has 0 amide bonds. The fourth-order valence-corrected chi connectivity index (χ4v) is 4.58. The molecule has 6 aromatic rings. The highest BCUT2D eigenvalue weighted by Crippen LogP contribution is 2.29. The summed E-state index contributed by atoms with van der Waals surface area (Å²) in [4.78, 5) is 27.9. The van der Waals surface area contributed by atoms with Gasteiger partial charge in [-0.2, -0.15) is 20.2 Å². The van der Waals surface area contributed by atoms with E-state index in [4.69, 9.17) is 9.47 Å². The van der Waals surface area contributed by atoms with Crippen LogP contribution in [0.4, 0.5) is 34.9 Å². The number of carbonyl (C=O) groups is 1. The average molecular weight is 700 g/mol. The molecule has 0 bridgehead atoms. The second-order valence-corrected chi connectivity index (χ2v) is 10.2. The largest absolute Gasteiger partial charge is 0.494 e. The van der Waals surface area contributed by atoms with Crippen LogP contribution in [0.5, 0.6) is 11.5 Å². The van der Waals surface area contributed by atoms with E-state index < -0.39 is 0 Å². The van der Waals surface area contributed by atoms with Crippen molar-refractivity contribution in [1.29, 1.82) is 0 Å².